The van der Waals surface area contributed by atoms with E-state index >= 15 is 0 Å². The number of carbonyl (C=O) groups is 3. The van der Waals surface area contributed by atoms with Crippen molar-refractivity contribution in [3.8, 4) is 0 Å². The lowest BCUT2D eigenvalue weighted by molar-refractivity contribution is -0.618. The van der Waals surface area contributed by atoms with E-state index in [1.807, 2.05) is 12.4 Å². The molecule has 2 N–H and O–H groups in total. The quantitative estimate of drug-likeness (QED) is 0.282. The van der Waals surface area contributed by atoms with Crippen molar-refractivity contribution in [2.24, 2.45) is 0 Å². The van der Waals surface area contributed by atoms with E-state index in [1.54, 1.807) is 0 Å². The van der Waals surface area contributed by atoms with Crippen molar-refractivity contribution in [3.63, 3.8) is 0 Å². The zero-order chi connectivity index (χ0) is 20.4. The Morgan fingerprint density at radius 2 is 1.32 bits per heavy atom. The van der Waals surface area contributed by atoms with Crippen molar-refractivity contribution in [1.29, 1.82) is 0 Å². The lowest BCUT2D eigenvalue weighted by Crippen LogP contribution is -2.80. The summed E-state index contributed by atoms with van der Waals surface area (Å²) in [7, 11) is 1.95. The van der Waals surface area contributed by atoms with E-state index in [1.165, 1.54) is 12.8 Å². The number of hydrogen-bond donors (Lipinski definition) is 1. The molecule has 0 saturated heterocycles. The third-order valence-electron chi connectivity index (χ3n) is 5.89. The van der Waals surface area contributed by atoms with Crippen LogP contribution in [0.1, 0.15) is 89.9 Å². The van der Waals surface area contributed by atoms with Gasteiger partial charge in [0.05, 0.1) is 12.6 Å². The van der Waals surface area contributed by atoms with Crippen LogP contribution in [0.3, 0.4) is 0 Å². The predicted octanol–water partition coefficient (Wildman–Crippen LogP) is 4.17. The molecule has 0 aromatic rings. The summed E-state index contributed by atoms with van der Waals surface area (Å²) in [6.07, 6.45) is 13.5. The van der Waals surface area contributed by atoms with Crippen LogP contribution in [0.15, 0.2) is 22.3 Å². The minimum atomic E-state index is -0.235. The second-order valence-electron chi connectivity index (χ2n) is 8.08. The molecule has 0 aromatic carbocycles. The molecule has 2 aliphatic rings. The fourth-order valence-electron chi connectivity index (χ4n) is 4.36. The summed E-state index contributed by atoms with van der Waals surface area (Å²) in [6.45, 7) is 0.613. The Hall–Kier alpha value is -1.26. The Labute approximate surface area is 174 Å². The number of nitrogens with two attached hydrogens (primary N) is 1. The van der Waals surface area contributed by atoms with Crippen LogP contribution >= 0.6 is 11.6 Å². The molecule has 2 aliphatic carbocycles. The number of unbranched alkanes of at least 4 members (excludes halogenated alkanes) is 7. The van der Waals surface area contributed by atoms with Gasteiger partial charge in [0, 0.05) is 23.1 Å². The van der Waals surface area contributed by atoms with Gasteiger partial charge in [-0.1, -0.05) is 38.5 Å². The fourth-order valence-corrected chi connectivity index (χ4v) is 4.49. The summed E-state index contributed by atoms with van der Waals surface area (Å²) in [5.41, 5.74) is 3.20. The van der Waals surface area contributed by atoms with Crippen molar-refractivity contribution in [2.75, 3.05) is 13.6 Å². The number of halogens is 1. The number of carbonyl (C=O) groups excluding carboxylic acids is 3. The van der Waals surface area contributed by atoms with E-state index in [0.717, 1.165) is 92.9 Å². The number of hydrogen-bond acceptors (Lipinski definition) is 3. The van der Waals surface area contributed by atoms with Gasteiger partial charge >= 0.3 is 0 Å². The van der Waals surface area contributed by atoms with E-state index in [2.05, 4.69) is 0 Å². The summed E-state index contributed by atoms with van der Waals surface area (Å²) in [6, 6.07) is 0. The number of likely N-dealkylation sites (N-methyl/N-ethyl adjacent to an activating group) is 1. The molecule has 0 aromatic heterocycles. The smallest absolute Gasteiger partial charge is 0.221 e. The minimum Gasteiger partial charge on any atom is -0.345 e. The zero-order valence-electron chi connectivity index (χ0n) is 17.3. The van der Waals surface area contributed by atoms with E-state index in [9.17, 15) is 14.4 Å². The zero-order valence-corrected chi connectivity index (χ0v) is 18.0. The molecular weight excluding hydrogens is 374 g/mol. The highest BCUT2D eigenvalue weighted by Crippen LogP contribution is 2.35. The minimum absolute atomic E-state index is 0.151. The van der Waals surface area contributed by atoms with Crippen LogP contribution < -0.4 is 5.32 Å². The molecule has 28 heavy (non-hydrogen) atoms. The van der Waals surface area contributed by atoms with Crippen LogP contribution in [0.5, 0.6) is 0 Å². The molecule has 0 atom stereocenters. The van der Waals surface area contributed by atoms with Gasteiger partial charge in [0.25, 0.3) is 0 Å². The third-order valence-corrected chi connectivity index (χ3v) is 6.08. The number of allylic oxidation sites excluding steroid dienone is 3. The first-order valence-corrected chi connectivity index (χ1v) is 11.4. The Bertz CT molecular complexity index is 648. The van der Waals surface area contributed by atoms with Crippen molar-refractivity contribution in [1.82, 2.24) is 0 Å². The van der Waals surface area contributed by atoms with Crippen LogP contribution in [-0.4, -0.2) is 30.4 Å². The molecule has 0 amide bonds. The summed E-state index contributed by atoms with van der Waals surface area (Å²) in [5.74, 6) is 0.317. The van der Waals surface area contributed by atoms with Gasteiger partial charge in [-0.05, 0) is 56.5 Å². The van der Waals surface area contributed by atoms with E-state index in [4.69, 9.17) is 11.6 Å². The second-order valence-corrected chi connectivity index (χ2v) is 8.50. The first-order valence-electron chi connectivity index (χ1n) is 11.1. The summed E-state index contributed by atoms with van der Waals surface area (Å²) >= 11 is 5.33. The van der Waals surface area contributed by atoms with Crippen molar-refractivity contribution in [3.05, 3.63) is 22.3 Å². The molecule has 0 saturated carbocycles. The highest BCUT2D eigenvalue weighted by molar-refractivity contribution is 6.63. The average molecular weight is 409 g/mol. The third kappa shape index (κ3) is 6.66. The number of Topliss-reactive ketones (excluding diaryl/α,β-unsaturated/α-hetero) is 2. The molecule has 0 fully saturated rings. The summed E-state index contributed by atoms with van der Waals surface area (Å²) < 4.78 is 0. The summed E-state index contributed by atoms with van der Waals surface area (Å²) in [4.78, 5) is 36.6. The van der Waals surface area contributed by atoms with E-state index in [0.29, 0.717) is 13.0 Å². The molecule has 4 nitrogen and oxygen atoms in total. The highest BCUT2D eigenvalue weighted by Gasteiger charge is 2.35. The molecule has 0 aliphatic heterocycles. The van der Waals surface area contributed by atoms with Gasteiger partial charge < -0.3 is 5.32 Å². The molecule has 0 spiro atoms. The first kappa shape index (κ1) is 23.0. The average Bonchev–Trinajstić information content (AvgIpc) is 2.69. The van der Waals surface area contributed by atoms with Crippen molar-refractivity contribution < 1.29 is 19.7 Å². The molecule has 156 valence electrons. The molecule has 0 heterocycles. The monoisotopic (exact) mass is 408 g/mol. The standard InChI is InChI=1S/C23H34ClNO3/c1-25-16-20-19(22(27)17-13-10-11-14-18(17)23(20)28)12-8-6-4-2-3-5-7-9-15-21(24)26/h25H,2-16H2,1H3/p+1. The van der Waals surface area contributed by atoms with Crippen LogP contribution in [0.25, 0.3) is 0 Å². The van der Waals surface area contributed by atoms with Gasteiger partial charge in [-0.3, -0.25) is 14.4 Å². The fraction of sp³-hybridized carbons (Fsp3) is 0.696. The Morgan fingerprint density at radius 3 is 1.86 bits per heavy atom. The summed E-state index contributed by atoms with van der Waals surface area (Å²) in [5, 5.41) is 1.76. The van der Waals surface area contributed by atoms with Crippen molar-refractivity contribution >= 4 is 28.4 Å². The molecule has 2 rings (SSSR count). The maximum absolute atomic E-state index is 13.0. The molecule has 5 heteroatoms. The normalized spacial score (nSPS) is 17.4. The van der Waals surface area contributed by atoms with E-state index < -0.39 is 0 Å². The SMILES string of the molecule is C[NH2+]CC1=C(CCCCCCCCCCC(=O)Cl)C(=O)C2=C(CCCC2)C1=O. The lowest BCUT2D eigenvalue weighted by Gasteiger charge is -2.26. The van der Waals surface area contributed by atoms with E-state index in [-0.39, 0.29) is 16.8 Å². The van der Waals surface area contributed by atoms with Gasteiger partial charge in [0.1, 0.15) is 6.54 Å². The molecular formula is C23H35ClNO3+. The second kappa shape index (κ2) is 12.3. The lowest BCUT2D eigenvalue weighted by atomic mass is 9.76. The van der Waals surface area contributed by atoms with Crippen LogP contribution in [0.2, 0.25) is 0 Å². The maximum atomic E-state index is 13.0. The number of rotatable bonds is 13. The number of quaternary nitrogens is 1. The Kier molecular flexibility index (Phi) is 10.1. The topological polar surface area (TPSA) is 67.8 Å². The van der Waals surface area contributed by atoms with Crippen LogP contribution in [0, 0.1) is 0 Å². The maximum Gasteiger partial charge on any atom is 0.221 e. The predicted molar refractivity (Wildman–Crippen MR) is 112 cm³/mol. The Morgan fingerprint density at radius 1 is 0.821 bits per heavy atom. The van der Waals surface area contributed by atoms with Crippen LogP contribution in [0.4, 0.5) is 0 Å². The van der Waals surface area contributed by atoms with Gasteiger partial charge in [-0.2, -0.15) is 0 Å². The molecule has 0 unspecified atom stereocenters. The van der Waals surface area contributed by atoms with Crippen molar-refractivity contribution in [2.45, 2.75) is 89.9 Å². The largest absolute Gasteiger partial charge is 0.345 e. The van der Waals surface area contributed by atoms with Gasteiger partial charge in [-0.15, -0.1) is 0 Å². The molecule has 0 bridgehead atoms. The Balaban J connectivity index is 1.75. The van der Waals surface area contributed by atoms with Gasteiger partial charge in [0.2, 0.25) is 5.24 Å². The molecule has 0 radical (unpaired) electrons. The highest BCUT2D eigenvalue weighted by atomic mass is 35.5. The van der Waals surface area contributed by atoms with Gasteiger partial charge in [-0.25, -0.2) is 0 Å². The van der Waals surface area contributed by atoms with Gasteiger partial charge in [0.15, 0.2) is 11.6 Å². The van der Waals surface area contributed by atoms with Crippen LogP contribution in [-0.2, 0) is 14.4 Å². The first-order chi connectivity index (χ1) is 13.6. The number of ketones is 2.